The van der Waals surface area contributed by atoms with Crippen molar-refractivity contribution >= 4 is 6.08 Å². The van der Waals surface area contributed by atoms with E-state index in [0.29, 0.717) is 0 Å². The number of rotatable bonds is 4. The quantitative estimate of drug-likeness (QED) is 0.793. The minimum Gasteiger partial charge on any atom is -0.497 e. The number of hydrogen-bond acceptors (Lipinski definition) is 3. The molecule has 76 valence electrons. The molecule has 0 aromatic heterocycles. The lowest BCUT2D eigenvalue weighted by Crippen LogP contribution is -1.89. The highest BCUT2D eigenvalue weighted by Crippen LogP contribution is 2.24. The molecule has 0 heterocycles. The lowest BCUT2D eigenvalue weighted by molar-refractivity contribution is 0.343. The van der Waals surface area contributed by atoms with Gasteiger partial charge in [-0.3, -0.25) is 0 Å². The Balaban J connectivity index is 3.02. The van der Waals surface area contributed by atoms with Crippen molar-refractivity contribution in [2.24, 2.45) is 0 Å². The van der Waals surface area contributed by atoms with E-state index in [0.717, 1.165) is 17.1 Å². The first-order valence-electron chi connectivity index (χ1n) is 4.31. The number of ether oxygens (including phenoxy) is 2. The Bertz CT molecular complexity index is 318. The standard InChI is InChI=1S/C11H14O3/c1-13-10-5-6-11(14-2)9(8-10)4-3-7-12/h3-6,8,12H,7H2,1-2H3/b4-3+. The molecule has 0 aliphatic carbocycles. The molecular weight excluding hydrogens is 180 g/mol. The van der Waals surface area contributed by atoms with Gasteiger partial charge >= 0.3 is 0 Å². The van der Waals surface area contributed by atoms with Gasteiger partial charge in [0.2, 0.25) is 0 Å². The highest BCUT2D eigenvalue weighted by atomic mass is 16.5. The molecular formula is C11H14O3. The number of hydrogen-bond donors (Lipinski definition) is 1. The normalized spacial score (nSPS) is 10.5. The molecule has 0 fully saturated rings. The van der Waals surface area contributed by atoms with Gasteiger partial charge in [0, 0.05) is 5.56 Å². The van der Waals surface area contributed by atoms with Crippen LogP contribution in [0.15, 0.2) is 24.3 Å². The summed E-state index contributed by atoms with van der Waals surface area (Å²) < 4.78 is 10.2. The summed E-state index contributed by atoms with van der Waals surface area (Å²) in [4.78, 5) is 0. The first kappa shape index (κ1) is 10.6. The molecule has 1 rings (SSSR count). The highest BCUT2D eigenvalue weighted by molar-refractivity contribution is 5.59. The summed E-state index contributed by atoms with van der Waals surface area (Å²) in [5.74, 6) is 1.53. The van der Waals surface area contributed by atoms with Gasteiger partial charge in [-0.2, -0.15) is 0 Å². The van der Waals surface area contributed by atoms with Crippen LogP contribution in [0, 0.1) is 0 Å². The molecule has 1 N–H and O–H groups in total. The lowest BCUT2D eigenvalue weighted by atomic mass is 10.2. The van der Waals surface area contributed by atoms with Crippen molar-refractivity contribution in [3.8, 4) is 11.5 Å². The fourth-order valence-electron chi connectivity index (χ4n) is 1.15. The van der Waals surface area contributed by atoms with Crippen molar-refractivity contribution in [2.45, 2.75) is 0 Å². The van der Waals surface area contributed by atoms with E-state index in [1.54, 1.807) is 26.4 Å². The predicted molar refractivity (Wildman–Crippen MR) is 55.7 cm³/mol. The van der Waals surface area contributed by atoms with E-state index in [9.17, 15) is 0 Å². The van der Waals surface area contributed by atoms with Gasteiger partial charge in [-0.15, -0.1) is 0 Å². The van der Waals surface area contributed by atoms with E-state index in [1.807, 2.05) is 18.2 Å². The molecule has 14 heavy (non-hydrogen) atoms. The molecule has 0 aliphatic heterocycles. The maximum atomic E-state index is 8.66. The van der Waals surface area contributed by atoms with Crippen LogP contribution < -0.4 is 9.47 Å². The Morgan fingerprint density at radius 2 is 2.07 bits per heavy atom. The molecule has 0 amide bonds. The van der Waals surface area contributed by atoms with Gasteiger partial charge < -0.3 is 14.6 Å². The van der Waals surface area contributed by atoms with E-state index in [2.05, 4.69) is 0 Å². The van der Waals surface area contributed by atoms with Crippen molar-refractivity contribution in [1.82, 2.24) is 0 Å². The lowest BCUT2D eigenvalue weighted by Gasteiger charge is -2.06. The van der Waals surface area contributed by atoms with Crippen molar-refractivity contribution in [1.29, 1.82) is 0 Å². The average molecular weight is 194 g/mol. The first-order chi connectivity index (χ1) is 6.81. The van der Waals surface area contributed by atoms with Gasteiger partial charge in [0.15, 0.2) is 0 Å². The summed E-state index contributed by atoms with van der Waals surface area (Å²) >= 11 is 0. The van der Waals surface area contributed by atoms with Gasteiger partial charge in [-0.1, -0.05) is 12.2 Å². The summed E-state index contributed by atoms with van der Waals surface area (Å²) in [5.41, 5.74) is 0.890. The molecule has 1 aromatic rings. The molecule has 0 saturated heterocycles. The molecule has 0 unspecified atom stereocenters. The molecule has 0 spiro atoms. The van der Waals surface area contributed by atoms with Gasteiger partial charge in [0.1, 0.15) is 11.5 Å². The van der Waals surface area contributed by atoms with Gasteiger partial charge in [0.25, 0.3) is 0 Å². The fraction of sp³-hybridized carbons (Fsp3) is 0.273. The van der Waals surface area contributed by atoms with Crippen LogP contribution in [0.3, 0.4) is 0 Å². The molecule has 3 nitrogen and oxygen atoms in total. The smallest absolute Gasteiger partial charge is 0.126 e. The molecule has 0 atom stereocenters. The first-order valence-corrected chi connectivity index (χ1v) is 4.31. The van der Waals surface area contributed by atoms with E-state index in [-0.39, 0.29) is 6.61 Å². The van der Waals surface area contributed by atoms with Gasteiger partial charge in [-0.05, 0) is 18.2 Å². The Morgan fingerprint density at radius 1 is 1.29 bits per heavy atom. The monoisotopic (exact) mass is 194 g/mol. The van der Waals surface area contributed by atoms with Crippen LogP contribution in [-0.2, 0) is 0 Å². The Labute approximate surface area is 83.6 Å². The highest BCUT2D eigenvalue weighted by Gasteiger charge is 2.00. The van der Waals surface area contributed by atoms with E-state index < -0.39 is 0 Å². The SMILES string of the molecule is COc1ccc(OC)c(/C=C/CO)c1. The predicted octanol–water partition coefficient (Wildman–Crippen LogP) is 1.71. The van der Waals surface area contributed by atoms with Gasteiger partial charge in [0.05, 0.1) is 20.8 Å². The zero-order valence-electron chi connectivity index (χ0n) is 8.36. The minimum atomic E-state index is 0.0143. The molecule has 1 aromatic carbocycles. The fourth-order valence-corrected chi connectivity index (χ4v) is 1.15. The summed E-state index contributed by atoms with van der Waals surface area (Å²) in [7, 11) is 3.22. The van der Waals surface area contributed by atoms with Crippen molar-refractivity contribution in [2.75, 3.05) is 20.8 Å². The van der Waals surface area contributed by atoms with Crippen LogP contribution in [0.25, 0.3) is 6.08 Å². The van der Waals surface area contributed by atoms with Crippen LogP contribution >= 0.6 is 0 Å². The Morgan fingerprint density at radius 3 is 2.64 bits per heavy atom. The zero-order valence-corrected chi connectivity index (χ0v) is 8.36. The molecule has 0 aliphatic rings. The topological polar surface area (TPSA) is 38.7 Å². The second-order valence-electron chi connectivity index (χ2n) is 2.69. The third-order valence-electron chi connectivity index (χ3n) is 1.84. The second-order valence-corrected chi connectivity index (χ2v) is 2.69. The van der Waals surface area contributed by atoms with E-state index in [4.69, 9.17) is 14.6 Å². The van der Waals surface area contributed by atoms with E-state index >= 15 is 0 Å². The summed E-state index contributed by atoms with van der Waals surface area (Å²) in [6, 6.07) is 5.51. The van der Waals surface area contributed by atoms with Gasteiger partial charge in [-0.25, -0.2) is 0 Å². The van der Waals surface area contributed by atoms with E-state index in [1.165, 1.54) is 0 Å². The van der Waals surface area contributed by atoms with Crippen molar-refractivity contribution < 1.29 is 14.6 Å². The number of benzene rings is 1. The van der Waals surface area contributed by atoms with Crippen LogP contribution in [0.5, 0.6) is 11.5 Å². The number of methoxy groups -OCH3 is 2. The zero-order chi connectivity index (χ0) is 10.4. The third kappa shape index (κ3) is 2.50. The summed E-state index contributed by atoms with van der Waals surface area (Å²) in [6.45, 7) is 0.0143. The minimum absolute atomic E-state index is 0.0143. The summed E-state index contributed by atoms with van der Waals surface area (Å²) in [6.07, 6.45) is 3.44. The second kappa shape index (κ2) is 5.29. The molecule has 0 radical (unpaired) electrons. The number of aliphatic hydroxyl groups excluding tert-OH is 1. The van der Waals surface area contributed by atoms with Crippen LogP contribution in [0.4, 0.5) is 0 Å². The molecule has 0 saturated carbocycles. The molecule has 3 heteroatoms. The Hall–Kier alpha value is -1.48. The Kier molecular flexibility index (Phi) is 4.01. The van der Waals surface area contributed by atoms with Crippen LogP contribution in [0.1, 0.15) is 5.56 Å². The maximum Gasteiger partial charge on any atom is 0.126 e. The average Bonchev–Trinajstić information content (AvgIpc) is 2.25. The summed E-state index contributed by atoms with van der Waals surface area (Å²) in [5, 5.41) is 8.66. The van der Waals surface area contributed by atoms with Crippen LogP contribution in [0.2, 0.25) is 0 Å². The third-order valence-corrected chi connectivity index (χ3v) is 1.84. The van der Waals surface area contributed by atoms with Crippen molar-refractivity contribution in [3.05, 3.63) is 29.8 Å². The number of aliphatic hydroxyl groups is 1. The largest absolute Gasteiger partial charge is 0.497 e. The maximum absolute atomic E-state index is 8.66. The van der Waals surface area contributed by atoms with Crippen molar-refractivity contribution in [3.63, 3.8) is 0 Å². The van der Waals surface area contributed by atoms with Crippen LogP contribution in [-0.4, -0.2) is 25.9 Å². The molecule has 0 bridgehead atoms.